The number of rotatable bonds is 15. The van der Waals surface area contributed by atoms with Gasteiger partial charge in [0.05, 0.1) is 31.2 Å². The number of alkyl halides is 1. The van der Waals surface area contributed by atoms with Crippen LogP contribution in [0.1, 0.15) is 24.8 Å². The number of benzene rings is 1. The standard InChI is InChI=1S/C33H45BrN4O6/c1-3-12-36(16-15-35-17-20-43-21-18-35)32(42)29-33-22-25(34)28(44-33)26(27(33)31(41)38(29)14-8-9-19-39)30(40)37(13-4-2)23-24-10-6-5-7-11-24/h3-7,10-11,25-29,39H,1-2,8-9,12-23H2/t25?,26-,27-,28-,29?,33?/m0/s1. The minimum Gasteiger partial charge on any atom is -0.396 e. The molecule has 0 saturated carbocycles. The molecule has 4 fully saturated rings. The number of aliphatic hydroxyl groups excluding tert-OH is 1. The largest absolute Gasteiger partial charge is 0.396 e. The van der Waals surface area contributed by atoms with Crippen molar-refractivity contribution in [3.8, 4) is 0 Å². The van der Waals surface area contributed by atoms with E-state index in [-0.39, 0.29) is 29.2 Å². The number of fused-ring (bicyclic) bond motifs is 1. The van der Waals surface area contributed by atoms with Gasteiger partial charge < -0.3 is 29.3 Å². The lowest BCUT2D eigenvalue weighted by Crippen LogP contribution is -2.58. The van der Waals surface area contributed by atoms with Crippen LogP contribution in [0.25, 0.3) is 0 Å². The summed E-state index contributed by atoms with van der Waals surface area (Å²) in [6.45, 7) is 13.2. The average molecular weight is 674 g/mol. The molecule has 1 spiro atoms. The molecule has 44 heavy (non-hydrogen) atoms. The third-order valence-electron chi connectivity index (χ3n) is 9.44. The van der Waals surface area contributed by atoms with E-state index in [0.717, 1.165) is 18.7 Å². The van der Waals surface area contributed by atoms with Gasteiger partial charge in [0.1, 0.15) is 11.6 Å². The van der Waals surface area contributed by atoms with Crippen molar-refractivity contribution in [2.45, 2.75) is 48.4 Å². The summed E-state index contributed by atoms with van der Waals surface area (Å²) >= 11 is 3.78. The summed E-state index contributed by atoms with van der Waals surface area (Å²) in [7, 11) is 0. The highest BCUT2D eigenvalue weighted by Crippen LogP contribution is 2.60. The van der Waals surface area contributed by atoms with Crippen molar-refractivity contribution in [2.75, 3.05) is 65.6 Å². The molecule has 3 unspecified atom stereocenters. The maximum Gasteiger partial charge on any atom is 0.248 e. The van der Waals surface area contributed by atoms with Crippen LogP contribution in [-0.4, -0.2) is 131 Å². The van der Waals surface area contributed by atoms with Gasteiger partial charge in [-0.3, -0.25) is 19.3 Å². The molecule has 3 amide bonds. The zero-order chi connectivity index (χ0) is 31.3. The summed E-state index contributed by atoms with van der Waals surface area (Å²) in [4.78, 5) is 50.6. The number of aliphatic hydroxyl groups is 1. The van der Waals surface area contributed by atoms with Crippen LogP contribution in [-0.2, 0) is 30.4 Å². The molecule has 0 aliphatic carbocycles. The number of amides is 3. The monoisotopic (exact) mass is 672 g/mol. The van der Waals surface area contributed by atoms with Gasteiger partial charge in [-0.15, -0.1) is 13.2 Å². The number of hydrogen-bond donors (Lipinski definition) is 1. The summed E-state index contributed by atoms with van der Waals surface area (Å²) in [5.41, 5.74) is -0.147. The molecule has 4 saturated heterocycles. The lowest BCUT2D eigenvalue weighted by atomic mass is 9.70. The highest BCUT2D eigenvalue weighted by Gasteiger charge is 2.76. The minimum absolute atomic E-state index is 0.00346. The van der Waals surface area contributed by atoms with Crippen LogP contribution in [0.15, 0.2) is 55.6 Å². The van der Waals surface area contributed by atoms with Crippen molar-refractivity contribution in [1.29, 1.82) is 0 Å². The third kappa shape index (κ3) is 6.39. The Morgan fingerprint density at radius 2 is 1.75 bits per heavy atom. The highest BCUT2D eigenvalue weighted by atomic mass is 79.9. The first kappa shape index (κ1) is 32.8. The van der Waals surface area contributed by atoms with Gasteiger partial charge in [-0.05, 0) is 24.8 Å². The average Bonchev–Trinajstić information content (AvgIpc) is 3.62. The van der Waals surface area contributed by atoms with Crippen LogP contribution in [0.5, 0.6) is 0 Å². The Morgan fingerprint density at radius 1 is 1.05 bits per heavy atom. The number of unbranched alkanes of at least 4 members (excludes halogenated alkanes) is 1. The summed E-state index contributed by atoms with van der Waals surface area (Å²) in [5, 5.41) is 9.49. The van der Waals surface area contributed by atoms with Crippen LogP contribution in [0.3, 0.4) is 0 Å². The van der Waals surface area contributed by atoms with Crippen molar-refractivity contribution >= 4 is 33.7 Å². The molecule has 4 heterocycles. The van der Waals surface area contributed by atoms with Crippen LogP contribution in [0, 0.1) is 11.8 Å². The molecule has 2 bridgehead atoms. The SMILES string of the molecule is C=CCN(CCN1CCOCC1)C(=O)C1N(CCCCO)C(=O)[C@@H]2[C@H](C(=O)N(CC=C)Cc3ccccc3)[C@H]3OC12CC3Br. The zero-order valence-electron chi connectivity index (χ0n) is 25.4. The Balaban J connectivity index is 1.45. The molecular formula is C33H45BrN4O6. The van der Waals surface area contributed by atoms with Gasteiger partial charge in [-0.25, -0.2) is 0 Å². The number of carbonyl (C=O) groups excluding carboxylic acids is 3. The first-order valence-corrected chi connectivity index (χ1v) is 16.6. The maximum absolute atomic E-state index is 14.6. The Labute approximate surface area is 268 Å². The van der Waals surface area contributed by atoms with E-state index in [9.17, 15) is 19.5 Å². The van der Waals surface area contributed by atoms with Crippen LogP contribution in [0.4, 0.5) is 0 Å². The van der Waals surface area contributed by atoms with Gasteiger partial charge in [-0.2, -0.15) is 0 Å². The fourth-order valence-corrected chi connectivity index (χ4v) is 8.38. The van der Waals surface area contributed by atoms with Crippen molar-refractivity contribution in [2.24, 2.45) is 11.8 Å². The molecule has 10 nitrogen and oxygen atoms in total. The molecule has 11 heteroatoms. The lowest BCUT2D eigenvalue weighted by Gasteiger charge is -2.38. The van der Waals surface area contributed by atoms with Gasteiger partial charge in [-0.1, -0.05) is 58.4 Å². The quantitative estimate of drug-likeness (QED) is 0.173. The Kier molecular flexibility index (Phi) is 10.9. The van der Waals surface area contributed by atoms with Crippen LogP contribution >= 0.6 is 15.9 Å². The second kappa shape index (κ2) is 14.7. The third-order valence-corrected chi connectivity index (χ3v) is 10.3. The van der Waals surface area contributed by atoms with Gasteiger partial charge in [0.2, 0.25) is 17.7 Å². The number of likely N-dealkylation sites (tertiary alicyclic amines) is 1. The maximum atomic E-state index is 14.6. The fraction of sp³-hybridized carbons (Fsp3) is 0.606. The fourth-order valence-electron chi connectivity index (χ4n) is 7.44. The van der Waals surface area contributed by atoms with E-state index < -0.39 is 29.6 Å². The lowest BCUT2D eigenvalue weighted by molar-refractivity contribution is -0.149. The van der Waals surface area contributed by atoms with Gasteiger partial charge in [0.15, 0.2) is 0 Å². The molecule has 0 aromatic heterocycles. The number of hydrogen-bond acceptors (Lipinski definition) is 7. The van der Waals surface area contributed by atoms with E-state index in [1.165, 1.54) is 0 Å². The van der Waals surface area contributed by atoms with Crippen LogP contribution in [0.2, 0.25) is 0 Å². The zero-order valence-corrected chi connectivity index (χ0v) is 27.0. The van der Waals surface area contributed by atoms with Gasteiger partial charge in [0.25, 0.3) is 0 Å². The Hall–Kier alpha value is -2.57. The first-order chi connectivity index (χ1) is 21.4. The van der Waals surface area contributed by atoms with E-state index in [2.05, 4.69) is 34.0 Å². The molecule has 4 aliphatic rings. The molecular weight excluding hydrogens is 628 g/mol. The van der Waals surface area contributed by atoms with E-state index >= 15 is 0 Å². The molecule has 1 N–H and O–H groups in total. The Bertz CT molecular complexity index is 1200. The first-order valence-electron chi connectivity index (χ1n) is 15.7. The number of morpholine rings is 1. The molecule has 1 aromatic carbocycles. The summed E-state index contributed by atoms with van der Waals surface area (Å²) in [5.74, 6) is -2.07. The second-order valence-electron chi connectivity index (χ2n) is 12.1. The van der Waals surface area contributed by atoms with Crippen molar-refractivity contribution < 1.29 is 29.0 Å². The van der Waals surface area contributed by atoms with Gasteiger partial charge in [0, 0.05) is 63.8 Å². The van der Waals surface area contributed by atoms with Crippen LogP contribution < -0.4 is 0 Å². The number of carbonyl (C=O) groups is 3. The second-order valence-corrected chi connectivity index (χ2v) is 13.3. The molecule has 6 atom stereocenters. The predicted octanol–water partition coefficient (Wildman–Crippen LogP) is 2.07. The van der Waals surface area contributed by atoms with E-state index in [1.807, 2.05) is 30.3 Å². The number of halogens is 1. The highest BCUT2D eigenvalue weighted by molar-refractivity contribution is 9.09. The topological polar surface area (TPSA) is 103 Å². The minimum atomic E-state index is -1.13. The molecule has 4 aliphatic heterocycles. The molecule has 5 rings (SSSR count). The van der Waals surface area contributed by atoms with Crippen molar-refractivity contribution in [3.05, 3.63) is 61.2 Å². The van der Waals surface area contributed by atoms with E-state index in [4.69, 9.17) is 9.47 Å². The summed E-state index contributed by atoms with van der Waals surface area (Å²) < 4.78 is 12.2. The predicted molar refractivity (Wildman–Crippen MR) is 170 cm³/mol. The smallest absolute Gasteiger partial charge is 0.248 e. The summed E-state index contributed by atoms with van der Waals surface area (Å²) in [6, 6.07) is 8.88. The number of ether oxygens (including phenoxy) is 2. The Morgan fingerprint density at radius 3 is 2.43 bits per heavy atom. The van der Waals surface area contributed by atoms with E-state index in [0.29, 0.717) is 71.7 Å². The number of nitrogens with zero attached hydrogens (tertiary/aromatic N) is 4. The van der Waals surface area contributed by atoms with Gasteiger partial charge >= 0.3 is 0 Å². The molecule has 0 radical (unpaired) electrons. The molecule has 240 valence electrons. The normalized spacial score (nSPS) is 29.5. The van der Waals surface area contributed by atoms with Crippen molar-refractivity contribution in [3.63, 3.8) is 0 Å². The molecule has 1 aromatic rings. The van der Waals surface area contributed by atoms with E-state index in [1.54, 1.807) is 26.9 Å². The summed E-state index contributed by atoms with van der Waals surface area (Å²) in [6.07, 6.45) is 4.38. The van der Waals surface area contributed by atoms with Crippen molar-refractivity contribution in [1.82, 2.24) is 19.6 Å².